The van der Waals surface area contributed by atoms with Crippen LogP contribution in [0.4, 0.5) is 4.39 Å². The lowest BCUT2D eigenvalue weighted by atomic mass is 9.95. The number of hydrogen-bond acceptors (Lipinski definition) is 3. The van der Waals surface area contributed by atoms with Crippen LogP contribution in [0.5, 0.6) is 11.5 Å². The third kappa shape index (κ3) is 3.66. The Morgan fingerprint density at radius 1 is 0.963 bits per heavy atom. The quantitative estimate of drug-likeness (QED) is 0.597. The van der Waals surface area contributed by atoms with E-state index in [1.807, 2.05) is 0 Å². The molecular formula is C20H16Cl2FNO3. The van der Waals surface area contributed by atoms with Crippen LogP contribution < -0.4 is 15.0 Å². The second-order valence-electron chi connectivity index (χ2n) is 5.87. The largest absolute Gasteiger partial charge is 0.497 e. The molecule has 0 aliphatic rings. The van der Waals surface area contributed by atoms with E-state index in [1.54, 1.807) is 45.7 Å². The minimum atomic E-state index is -0.478. The van der Waals surface area contributed by atoms with Crippen molar-refractivity contribution in [3.8, 4) is 33.8 Å². The molecule has 0 bridgehead atoms. The molecule has 7 heteroatoms. The van der Waals surface area contributed by atoms with Gasteiger partial charge in [-0.15, -0.1) is 0 Å². The summed E-state index contributed by atoms with van der Waals surface area (Å²) in [6, 6.07) is 9.27. The van der Waals surface area contributed by atoms with Gasteiger partial charge in [-0.05, 0) is 35.9 Å². The molecule has 0 atom stereocenters. The van der Waals surface area contributed by atoms with E-state index in [2.05, 4.69) is 0 Å². The number of hydrogen-bond donors (Lipinski definition) is 0. The van der Waals surface area contributed by atoms with E-state index >= 15 is 0 Å². The molecule has 3 aromatic rings. The lowest BCUT2D eigenvalue weighted by molar-refractivity contribution is 0.394. The summed E-state index contributed by atoms with van der Waals surface area (Å²) in [6.45, 7) is 0. The topological polar surface area (TPSA) is 40.5 Å². The SMILES string of the molecule is COc1cc(OC)cc(-c2cn(C)c(=O)c(Cl)c2-c2ccc(F)cc2Cl)c1. The first-order valence-corrected chi connectivity index (χ1v) is 8.69. The highest BCUT2D eigenvalue weighted by atomic mass is 35.5. The van der Waals surface area contributed by atoms with E-state index in [0.29, 0.717) is 33.8 Å². The average molecular weight is 408 g/mol. The van der Waals surface area contributed by atoms with E-state index in [0.717, 1.165) is 0 Å². The molecule has 0 saturated heterocycles. The molecule has 140 valence electrons. The number of halogens is 3. The predicted octanol–water partition coefficient (Wildman–Crippen LogP) is 5.18. The van der Waals surface area contributed by atoms with E-state index in [9.17, 15) is 9.18 Å². The third-order valence-corrected chi connectivity index (χ3v) is 4.85. The maximum Gasteiger partial charge on any atom is 0.269 e. The molecule has 0 aliphatic heterocycles. The van der Waals surface area contributed by atoms with Crippen molar-refractivity contribution in [3.05, 3.63) is 68.8 Å². The highest BCUT2D eigenvalue weighted by Crippen LogP contribution is 2.41. The monoisotopic (exact) mass is 407 g/mol. The molecule has 2 aromatic carbocycles. The van der Waals surface area contributed by atoms with E-state index in [1.165, 1.54) is 22.8 Å². The summed E-state index contributed by atoms with van der Waals surface area (Å²) in [4.78, 5) is 12.4. The third-order valence-electron chi connectivity index (χ3n) is 4.18. The van der Waals surface area contributed by atoms with Crippen LogP contribution in [-0.4, -0.2) is 18.8 Å². The number of nitrogens with zero attached hydrogens (tertiary/aromatic N) is 1. The standard InChI is InChI=1S/C20H16Cl2FNO3/c1-24-10-16(11-6-13(26-2)9-14(7-11)27-3)18(19(22)20(24)25)15-5-4-12(23)8-17(15)21/h4-10H,1-3H3. The van der Waals surface area contributed by atoms with Gasteiger partial charge in [0.05, 0.1) is 19.2 Å². The van der Waals surface area contributed by atoms with Crippen molar-refractivity contribution in [3.63, 3.8) is 0 Å². The van der Waals surface area contributed by atoms with Crippen LogP contribution in [0.1, 0.15) is 0 Å². The Morgan fingerprint density at radius 3 is 2.15 bits per heavy atom. The van der Waals surface area contributed by atoms with Gasteiger partial charge in [0, 0.05) is 36.0 Å². The Kier molecular flexibility index (Phi) is 5.44. The zero-order chi connectivity index (χ0) is 19.7. The fourth-order valence-corrected chi connectivity index (χ4v) is 3.43. The maximum atomic E-state index is 13.5. The molecule has 0 saturated carbocycles. The fourth-order valence-electron chi connectivity index (χ4n) is 2.83. The predicted molar refractivity (Wildman–Crippen MR) is 106 cm³/mol. The fraction of sp³-hybridized carbons (Fsp3) is 0.150. The number of rotatable bonds is 4. The van der Waals surface area contributed by atoms with E-state index < -0.39 is 5.82 Å². The first-order chi connectivity index (χ1) is 12.8. The van der Waals surface area contributed by atoms with Gasteiger partial charge in [0.1, 0.15) is 22.3 Å². The van der Waals surface area contributed by atoms with Crippen molar-refractivity contribution in [2.75, 3.05) is 14.2 Å². The molecule has 1 heterocycles. The van der Waals surface area contributed by atoms with Gasteiger partial charge < -0.3 is 14.0 Å². The van der Waals surface area contributed by atoms with E-state index in [4.69, 9.17) is 32.7 Å². The first kappa shape index (κ1) is 19.3. The minimum Gasteiger partial charge on any atom is -0.497 e. The van der Waals surface area contributed by atoms with Crippen molar-refractivity contribution in [2.24, 2.45) is 7.05 Å². The molecule has 0 unspecified atom stereocenters. The van der Waals surface area contributed by atoms with Gasteiger partial charge in [-0.25, -0.2) is 4.39 Å². The van der Waals surface area contributed by atoms with Crippen molar-refractivity contribution in [2.45, 2.75) is 0 Å². The molecule has 0 spiro atoms. The van der Waals surface area contributed by atoms with Crippen LogP contribution in [0, 0.1) is 5.82 Å². The molecule has 0 fully saturated rings. The van der Waals surface area contributed by atoms with Gasteiger partial charge in [-0.3, -0.25) is 4.79 Å². The number of methoxy groups -OCH3 is 2. The number of aryl methyl sites for hydroxylation is 1. The Morgan fingerprint density at radius 2 is 1.59 bits per heavy atom. The zero-order valence-electron chi connectivity index (χ0n) is 14.8. The molecule has 0 radical (unpaired) electrons. The highest BCUT2D eigenvalue weighted by molar-refractivity contribution is 6.37. The molecule has 0 N–H and O–H groups in total. The van der Waals surface area contributed by atoms with Crippen LogP contribution >= 0.6 is 23.2 Å². The summed E-state index contributed by atoms with van der Waals surface area (Å²) in [6.07, 6.45) is 1.65. The second-order valence-corrected chi connectivity index (χ2v) is 6.66. The molecule has 1 aromatic heterocycles. The lowest BCUT2D eigenvalue weighted by Crippen LogP contribution is -2.18. The smallest absolute Gasteiger partial charge is 0.269 e. The first-order valence-electron chi connectivity index (χ1n) is 7.93. The number of aromatic nitrogens is 1. The zero-order valence-corrected chi connectivity index (χ0v) is 16.4. The van der Waals surface area contributed by atoms with Crippen LogP contribution in [0.2, 0.25) is 10.0 Å². The lowest BCUT2D eigenvalue weighted by Gasteiger charge is -2.16. The Hall–Kier alpha value is -2.50. The summed E-state index contributed by atoms with van der Waals surface area (Å²) in [7, 11) is 4.69. The number of pyridine rings is 1. The average Bonchev–Trinajstić information content (AvgIpc) is 2.66. The molecule has 27 heavy (non-hydrogen) atoms. The summed E-state index contributed by atoms with van der Waals surface area (Å²) in [5.74, 6) is 0.671. The Balaban J connectivity index is 2.39. The summed E-state index contributed by atoms with van der Waals surface area (Å²) in [5.41, 5.74) is 1.83. The van der Waals surface area contributed by atoms with Gasteiger partial charge in [0.2, 0.25) is 0 Å². The normalized spacial score (nSPS) is 10.7. The Labute approximate surface area is 165 Å². The van der Waals surface area contributed by atoms with Crippen LogP contribution in [-0.2, 0) is 7.05 Å². The van der Waals surface area contributed by atoms with Gasteiger partial charge in [-0.2, -0.15) is 0 Å². The number of benzene rings is 2. The van der Waals surface area contributed by atoms with Crippen molar-refractivity contribution in [1.29, 1.82) is 0 Å². The maximum absolute atomic E-state index is 13.5. The van der Waals surface area contributed by atoms with Crippen molar-refractivity contribution < 1.29 is 13.9 Å². The van der Waals surface area contributed by atoms with Crippen molar-refractivity contribution >= 4 is 23.2 Å². The second kappa shape index (κ2) is 7.62. The van der Waals surface area contributed by atoms with Gasteiger partial charge in [0.15, 0.2) is 0 Å². The van der Waals surface area contributed by atoms with Crippen molar-refractivity contribution in [1.82, 2.24) is 4.57 Å². The molecule has 4 nitrogen and oxygen atoms in total. The highest BCUT2D eigenvalue weighted by Gasteiger charge is 2.20. The van der Waals surface area contributed by atoms with Crippen LogP contribution in [0.15, 0.2) is 47.4 Å². The summed E-state index contributed by atoms with van der Waals surface area (Å²) in [5, 5.41) is 0.145. The summed E-state index contributed by atoms with van der Waals surface area (Å²) >= 11 is 12.6. The summed E-state index contributed by atoms with van der Waals surface area (Å²) < 4.78 is 25.6. The van der Waals surface area contributed by atoms with Gasteiger partial charge >= 0.3 is 0 Å². The van der Waals surface area contributed by atoms with E-state index in [-0.39, 0.29) is 15.6 Å². The molecule has 0 amide bonds. The molecule has 3 rings (SSSR count). The van der Waals surface area contributed by atoms with Crippen LogP contribution in [0.3, 0.4) is 0 Å². The van der Waals surface area contributed by atoms with Gasteiger partial charge in [-0.1, -0.05) is 23.2 Å². The minimum absolute atomic E-state index is 0.00899. The van der Waals surface area contributed by atoms with Crippen LogP contribution in [0.25, 0.3) is 22.3 Å². The van der Waals surface area contributed by atoms with Gasteiger partial charge in [0.25, 0.3) is 5.56 Å². The molecular weight excluding hydrogens is 392 g/mol. The Bertz CT molecular complexity index is 1060. The molecule has 0 aliphatic carbocycles. The number of ether oxygens (including phenoxy) is 2.